The average molecular weight is 250 g/mol. The van der Waals surface area contributed by atoms with E-state index in [1.807, 2.05) is 39.0 Å². The van der Waals surface area contributed by atoms with Crippen LogP contribution in [0.4, 0.5) is 5.69 Å². The number of carbonyl (C=O) groups excluding carboxylic acids is 1. The SMILES string of the molecule is COc1ccc(CCC(=O)NC(C)(C)C)cc1N. The van der Waals surface area contributed by atoms with Crippen LogP contribution in [0.3, 0.4) is 0 Å². The third kappa shape index (κ3) is 4.65. The Balaban J connectivity index is 2.54. The summed E-state index contributed by atoms with van der Waals surface area (Å²) in [6.45, 7) is 5.91. The van der Waals surface area contributed by atoms with Gasteiger partial charge >= 0.3 is 0 Å². The molecular formula is C14H22N2O2. The zero-order valence-electron chi connectivity index (χ0n) is 11.5. The van der Waals surface area contributed by atoms with Crippen LogP contribution in [0.5, 0.6) is 5.75 Å². The number of nitrogens with one attached hydrogen (secondary N) is 1. The maximum atomic E-state index is 11.7. The quantitative estimate of drug-likeness (QED) is 0.805. The molecule has 0 atom stereocenters. The first-order valence-electron chi connectivity index (χ1n) is 6.05. The first-order valence-corrected chi connectivity index (χ1v) is 6.05. The lowest BCUT2D eigenvalue weighted by Crippen LogP contribution is -2.40. The molecule has 0 saturated heterocycles. The number of hydrogen-bond donors (Lipinski definition) is 2. The Hall–Kier alpha value is -1.71. The van der Waals surface area contributed by atoms with Gasteiger partial charge in [-0.15, -0.1) is 0 Å². The van der Waals surface area contributed by atoms with E-state index in [0.717, 1.165) is 5.56 Å². The van der Waals surface area contributed by atoms with Crippen LogP contribution >= 0.6 is 0 Å². The molecule has 3 N–H and O–H groups in total. The first kappa shape index (κ1) is 14.4. The van der Waals surface area contributed by atoms with E-state index in [-0.39, 0.29) is 11.4 Å². The predicted octanol–water partition coefficient (Wildman–Crippen LogP) is 2.12. The van der Waals surface area contributed by atoms with E-state index in [1.54, 1.807) is 7.11 Å². The second kappa shape index (κ2) is 5.76. The van der Waals surface area contributed by atoms with Gasteiger partial charge in [0, 0.05) is 12.0 Å². The van der Waals surface area contributed by atoms with Crippen LogP contribution in [0, 0.1) is 0 Å². The van der Waals surface area contributed by atoms with Gasteiger partial charge < -0.3 is 15.8 Å². The van der Waals surface area contributed by atoms with Crippen LogP contribution in [0.25, 0.3) is 0 Å². The molecule has 0 heterocycles. The predicted molar refractivity (Wildman–Crippen MR) is 73.6 cm³/mol. The largest absolute Gasteiger partial charge is 0.495 e. The third-order valence-electron chi connectivity index (χ3n) is 2.45. The van der Waals surface area contributed by atoms with Crippen molar-refractivity contribution in [2.75, 3.05) is 12.8 Å². The van der Waals surface area contributed by atoms with Crippen molar-refractivity contribution < 1.29 is 9.53 Å². The summed E-state index contributed by atoms with van der Waals surface area (Å²) in [6.07, 6.45) is 1.14. The van der Waals surface area contributed by atoms with Crippen molar-refractivity contribution in [2.45, 2.75) is 39.2 Å². The van der Waals surface area contributed by atoms with Crippen molar-refractivity contribution >= 4 is 11.6 Å². The molecule has 0 aliphatic heterocycles. The van der Waals surface area contributed by atoms with Crippen LogP contribution in [-0.4, -0.2) is 18.6 Å². The van der Waals surface area contributed by atoms with Gasteiger partial charge in [-0.3, -0.25) is 4.79 Å². The summed E-state index contributed by atoms with van der Waals surface area (Å²) in [5, 5.41) is 2.93. The second-order valence-electron chi connectivity index (χ2n) is 5.37. The average Bonchev–Trinajstić information content (AvgIpc) is 2.24. The van der Waals surface area contributed by atoms with E-state index in [0.29, 0.717) is 24.3 Å². The molecule has 0 aliphatic rings. The Morgan fingerprint density at radius 3 is 2.56 bits per heavy atom. The van der Waals surface area contributed by atoms with Gasteiger partial charge in [0.25, 0.3) is 0 Å². The molecule has 4 nitrogen and oxygen atoms in total. The summed E-state index contributed by atoms with van der Waals surface area (Å²) in [7, 11) is 1.59. The molecule has 0 radical (unpaired) electrons. The lowest BCUT2D eigenvalue weighted by molar-refractivity contribution is -0.122. The van der Waals surface area contributed by atoms with E-state index in [4.69, 9.17) is 10.5 Å². The minimum atomic E-state index is -0.185. The Morgan fingerprint density at radius 1 is 1.39 bits per heavy atom. The van der Waals surface area contributed by atoms with Crippen molar-refractivity contribution in [3.8, 4) is 5.75 Å². The van der Waals surface area contributed by atoms with Crippen molar-refractivity contribution in [3.63, 3.8) is 0 Å². The zero-order valence-corrected chi connectivity index (χ0v) is 11.5. The zero-order chi connectivity index (χ0) is 13.8. The number of rotatable bonds is 4. The number of nitrogen functional groups attached to an aromatic ring is 1. The smallest absolute Gasteiger partial charge is 0.220 e. The van der Waals surface area contributed by atoms with Crippen LogP contribution < -0.4 is 15.8 Å². The second-order valence-corrected chi connectivity index (χ2v) is 5.37. The van der Waals surface area contributed by atoms with Crippen molar-refractivity contribution in [1.82, 2.24) is 5.32 Å². The molecule has 0 saturated carbocycles. The molecule has 100 valence electrons. The summed E-state index contributed by atoms with van der Waals surface area (Å²) < 4.78 is 5.09. The molecule has 0 aliphatic carbocycles. The van der Waals surface area contributed by atoms with Gasteiger partial charge in [0.15, 0.2) is 0 Å². The molecule has 18 heavy (non-hydrogen) atoms. The molecule has 0 fully saturated rings. The van der Waals surface area contributed by atoms with Crippen molar-refractivity contribution in [2.24, 2.45) is 0 Å². The molecule has 0 bridgehead atoms. The highest BCUT2D eigenvalue weighted by Crippen LogP contribution is 2.22. The highest BCUT2D eigenvalue weighted by Gasteiger charge is 2.13. The highest BCUT2D eigenvalue weighted by molar-refractivity contribution is 5.77. The van der Waals surface area contributed by atoms with Gasteiger partial charge in [-0.2, -0.15) is 0 Å². The fourth-order valence-electron chi connectivity index (χ4n) is 1.68. The van der Waals surface area contributed by atoms with Gasteiger partial charge in [-0.05, 0) is 44.9 Å². The number of methoxy groups -OCH3 is 1. The van der Waals surface area contributed by atoms with Crippen LogP contribution in [0.1, 0.15) is 32.8 Å². The molecular weight excluding hydrogens is 228 g/mol. The van der Waals surface area contributed by atoms with Crippen molar-refractivity contribution in [1.29, 1.82) is 0 Å². The van der Waals surface area contributed by atoms with E-state index in [2.05, 4.69) is 5.32 Å². The van der Waals surface area contributed by atoms with E-state index in [1.165, 1.54) is 0 Å². The number of carbonyl (C=O) groups is 1. The summed E-state index contributed by atoms with van der Waals surface area (Å²) in [5.41, 5.74) is 7.27. The summed E-state index contributed by atoms with van der Waals surface area (Å²) >= 11 is 0. The van der Waals surface area contributed by atoms with E-state index in [9.17, 15) is 4.79 Å². The molecule has 1 aromatic rings. The normalized spacial score (nSPS) is 11.1. The maximum absolute atomic E-state index is 11.7. The molecule has 0 unspecified atom stereocenters. The molecule has 1 aromatic carbocycles. The van der Waals surface area contributed by atoms with Crippen LogP contribution in [-0.2, 0) is 11.2 Å². The van der Waals surface area contributed by atoms with Gasteiger partial charge in [0.1, 0.15) is 5.75 Å². The van der Waals surface area contributed by atoms with E-state index >= 15 is 0 Å². The topological polar surface area (TPSA) is 64.3 Å². The van der Waals surface area contributed by atoms with Gasteiger partial charge in [0.05, 0.1) is 12.8 Å². The minimum Gasteiger partial charge on any atom is -0.495 e. The summed E-state index contributed by atoms with van der Waals surface area (Å²) in [6, 6.07) is 5.61. The monoisotopic (exact) mass is 250 g/mol. The molecule has 0 aromatic heterocycles. The van der Waals surface area contributed by atoms with Gasteiger partial charge in [-0.1, -0.05) is 6.07 Å². The number of benzene rings is 1. The number of anilines is 1. The molecule has 1 amide bonds. The fraction of sp³-hybridized carbons (Fsp3) is 0.500. The van der Waals surface area contributed by atoms with E-state index < -0.39 is 0 Å². The number of nitrogens with two attached hydrogens (primary N) is 1. The molecule has 1 rings (SSSR count). The Bertz CT molecular complexity index is 422. The van der Waals surface area contributed by atoms with Gasteiger partial charge in [-0.25, -0.2) is 0 Å². The Labute approximate surface area is 109 Å². The summed E-state index contributed by atoms with van der Waals surface area (Å²) in [5.74, 6) is 0.717. The Morgan fingerprint density at radius 2 is 2.06 bits per heavy atom. The number of aryl methyl sites for hydroxylation is 1. The molecule has 4 heteroatoms. The number of ether oxygens (including phenoxy) is 1. The summed E-state index contributed by atoms with van der Waals surface area (Å²) in [4.78, 5) is 11.7. The lowest BCUT2D eigenvalue weighted by Gasteiger charge is -2.20. The third-order valence-corrected chi connectivity index (χ3v) is 2.45. The lowest BCUT2D eigenvalue weighted by atomic mass is 10.1. The maximum Gasteiger partial charge on any atom is 0.220 e. The Kier molecular flexibility index (Phi) is 4.59. The molecule has 0 spiro atoms. The van der Waals surface area contributed by atoms with Crippen LogP contribution in [0.15, 0.2) is 18.2 Å². The minimum absolute atomic E-state index is 0.0527. The van der Waals surface area contributed by atoms with Crippen LogP contribution in [0.2, 0.25) is 0 Å². The number of hydrogen-bond acceptors (Lipinski definition) is 3. The fourth-order valence-corrected chi connectivity index (χ4v) is 1.68. The standard InChI is InChI=1S/C14H22N2O2/c1-14(2,3)16-13(17)8-6-10-5-7-12(18-4)11(15)9-10/h5,7,9H,6,8,15H2,1-4H3,(H,16,17). The van der Waals surface area contributed by atoms with Crippen molar-refractivity contribution in [3.05, 3.63) is 23.8 Å². The number of amides is 1. The van der Waals surface area contributed by atoms with Gasteiger partial charge in [0.2, 0.25) is 5.91 Å². The first-order chi connectivity index (χ1) is 8.31. The highest BCUT2D eigenvalue weighted by atomic mass is 16.5.